The highest BCUT2D eigenvalue weighted by Crippen LogP contribution is 2.02. The van der Waals surface area contributed by atoms with Gasteiger partial charge in [0.25, 0.3) is 0 Å². The minimum absolute atomic E-state index is 0.296. The second kappa shape index (κ2) is 6.65. The molecule has 1 saturated heterocycles. The van der Waals surface area contributed by atoms with Crippen molar-refractivity contribution in [3.05, 3.63) is 0 Å². The summed E-state index contributed by atoms with van der Waals surface area (Å²) in [7, 11) is 0. The summed E-state index contributed by atoms with van der Waals surface area (Å²) in [5.74, 6) is 1.24. The Labute approximate surface area is 85.1 Å². The number of β-amino-alcohol motifs (C(OH)–C–C–N with tert-alkyl or cyclic N) is 1. The highest BCUT2D eigenvalue weighted by atomic mass is 32.2. The summed E-state index contributed by atoms with van der Waals surface area (Å²) in [5.41, 5.74) is 0. The number of nitrogens with zero attached hydrogens (tertiary/aromatic N) is 2. The Balaban J connectivity index is 2.08. The third kappa shape index (κ3) is 4.31. The molecule has 1 rings (SSSR count). The van der Waals surface area contributed by atoms with Crippen molar-refractivity contribution >= 4 is 11.8 Å². The van der Waals surface area contributed by atoms with E-state index in [2.05, 4.69) is 16.1 Å². The third-order valence-corrected chi connectivity index (χ3v) is 3.08. The molecule has 0 bridgehead atoms. The zero-order valence-electron chi connectivity index (χ0n) is 8.41. The molecule has 0 atom stereocenters. The van der Waals surface area contributed by atoms with Gasteiger partial charge in [0.15, 0.2) is 0 Å². The Hall–Kier alpha value is 0.230. The average Bonchev–Trinajstić information content (AvgIpc) is 2.17. The molecule has 78 valence electrons. The van der Waals surface area contributed by atoms with Crippen LogP contribution in [0.1, 0.15) is 0 Å². The Morgan fingerprint density at radius 3 is 2.08 bits per heavy atom. The summed E-state index contributed by atoms with van der Waals surface area (Å²) < 4.78 is 0. The van der Waals surface area contributed by atoms with Gasteiger partial charge in [0.1, 0.15) is 0 Å². The normalized spacial score (nSPS) is 20.8. The molecular formula is C9H20N2OS. The van der Waals surface area contributed by atoms with Gasteiger partial charge >= 0.3 is 0 Å². The van der Waals surface area contributed by atoms with Crippen LogP contribution in [0.2, 0.25) is 0 Å². The Morgan fingerprint density at radius 1 is 1.08 bits per heavy atom. The fourth-order valence-corrected chi connectivity index (χ4v) is 2.04. The van der Waals surface area contributed by atoms with Crippen LogP contribution >= 0.6 is 11.8 Å². The summed E-state index contributed by atoms with van der Waals surface area (Å²) in [6.45, 7) is 6.93. The standard InChI is InChI=1S/C9H20N2OS/c1-13-9-7-11-4-2-10(3-5-11)6-8-12/h12H,2-9H2,1H3. The van der Waals surface area contributed by atoms with Gasteiger partial charge in [0.05, 0.1) is 6.61 Å². The fourth-order valence-electron chi connectivity index (χ4n) is 1.60. The zero-order chi connectivity index (χ0) is 9.52. The topological polar surface area (TPSA) is 26.7 Å². The van der Waals surface area contributed by atoms with Crippen molar-refractivity contribution in [2.75, 3.05) is 57.9 Å². The first-order chi connectivity index (χ1) is 6.36. The van der Waals surface area contributed by atoms with Gasteiger partial charge in [-0.05, 0) is 6.26 Å². The molecule has 0 spiro atoms. The lowest BCUT2D eigenvalue weighted by Gasteiger charge is -2.34. The van der Waals surface area contributed by atoms with E-state index in [1.54, 1.807) is 0 Å². The first kappa shape index (κ1) is 11.3. The molecular weight excluding hydrogens is 184 g/mol. The van der Waals surface area contributed by atoms with Crippen molar-refractivity contribution in [3.63, 3.8) is 0 Å². The van der Waals surface area contributed by atoms with Crippen LogP contribution in [0.3, 0.4) is 0 Å². The van der Waals surface area contributed by atoms with Crippen LogP contribution < -0.4 is 0 Å². The maximum absolute atomic E-state index is 8.77. The van der Waals surface area contributed by atoms with Gasteiger partial charge in [-0.3, -0.25) is 9.80 Å². The highest BCUT2D eigenvalue weighted by molar-refractivity contribution is 7.98. The SMILES string of the molecule is CSCCN1CCN(CCO)CC1. The first-order valence-electron chi connectivity index (χ1n) is 4.91. The number of hydrogen-bond donors (Lipinski definition) is 1. The molecule has 0 unspecified atom stereocenters. The van der Waals surface area contributed by atoms with Gasteiger partial charge in [0, 0.05) is 45.0 Å². The molecule has 3 nitrogen and oxygen atoms in total. The van der Waals surface area contributed by atoms with Gasteiger partial charge in [-0.1, -0.05) is 0 Å². The predicted molar refractivity (Wildman–Crippen MR) is 58.3 cm³/mol. The van der Waals surface area contributed by atoms with Crippen molar-refractivity contribution in [1.82, 2.24) is 9.80 Å². The van der Waals surface area contributed by atoms with Crippen molar-refractivity contribution in [2.24, 2.45) is 0 Å². The Kier molecular flexibility index (Phi) is 5.78. The van der Waals surface area contributed by atoms with Crippen LogP contribution in [0.5, 0.6) is 0 Å². The maximum atomic E-state index is 8.77. The highest BCUT2D eigenvalue weighted by Gasteiger charge is 2.14. The van der Waals surface area contributed by atoms with E-state index in [1.807, 2.05) is 11.8 Å². The van der Waals surface area contributed by atoms with Gasteiger partial charge in [-0.2, -0.15) is 11.8 Å². The van der Waals surface area contributed by atoms with Crippen LogP contribution in [0.15, 0.2) is 0 Å². The summed E-state index contributed by atoms with van der Waals surface area (Å²) in [6, 6.07) is 0. The van der Waals surface area contributed by atoms with Crippen LogP contribution in [0, 0.1) is 0 Å². The number of aliphatic hydroxyl groups excluding tert-OH is 1. The zero-order valence-corrected chi connectivity index (χ0v) is 9.22. The minimum atomic E-state index is 0.296. The lowest BCUT2D eigenvalue weighted by molar-refractivity contribution is 0.117. The van der Waals surface area contributed by atoms with E-state index in [4.69, 9.17) is 5.11 Å². The molecule has 1 aliphatic heterocycles. The predicted octanol–water partition coefficient (Wildman–Crippen LogP) is -0.0407. The van der Waals surface area contributed by atoms with E-state index >= 15 is 0 Å². The minimum Gasteiger partial charge on any atom is -0.395 e. The van der Waals surface area contributed by atoms with Gasteiger partial charge in [0.2, 0.25) is 0 Å². The quantitative estimate of drug-likeness (QED) is 0.680. The number of aliphatic hydroxyl groups is 1. The average molecular weight is 204 g/mol. The summed E-state index contributed by atoms with van der Waals surface area (Å²) in [6.07, 6.45) is 2.15. The smallest absolute Gasteiger partial charge is 0.0558 e. The van der Waals surface area contributed by atoms with Crippen LogP contribution in [-0.4, -0.2) is 72.8 Å². The molecule has 1 aliphatic rings. The van der Waals surface area contributed by atoms with Crippen LogP contribution in [0.4, 0.5) is 0 Å². The first-order valence-corrected chi connectivity index (χ1v) is 6.30. The van der Waals surface area contributed by atoms with Crippen molar-refractivity contribution < 1.29 is 5.11 Å². The van der Waals surface area contributed by atoms with E-state index in [0.29, 0.717) is 6.61 Å². The van der Waals surface area contributed by atoms with E-state index in [0.717, 1.165) is 19.6 Å². The van der Waals surface area contributed by atoms with E-state index in [-0.39, 0.29) is 0 Å². The molecule has 0 aromatic rings. The number of thioether (sulfide) groups is 1. The molecule has 0 saturated carbocycles. The molecule has 1 N–H and O–H groups in total. The maximum Gasteiger partial charge on any atom is 0.0558 e. The molecule has 4 heteroatoms. The third-order valence-electron chi connectivity index (χ3n) is 2.49. The van der Waals surface area contributed by atoms with E-state index in [1.165, 1.54) is 25.4 Å². The largest absolute Gasteiger partial charge is 0.395 e. The molecule has 1 heterocycles. The fraction of sp³-hybridized carbons (Fsp3) is 1.00. The van der Waals surface area contributed by atoms with Gasteiger partial charge in [-0.15, -0.1) is 0 Å². The summed E-state index contributed by atoms with van der Waals surface area (Å²) in [5, 5.41) is 8.77. The molecule has 0 aromatic carbocycles. The van der Waals surface area contributed by atoms with E-state index in [9.17, 15) is 0 Å². The Bertz CT molecular complexity index is 127. The molecule has 0 aromatic heterocycles. The lowest BCUT2D eigenvalue weighted by atomic mass is 10.3. The molecule has 1 fully saturated rings. The second-order valence-electron chi connectivity index (χ2n) is 3.40. The Morgan fingerprint density at radius 2 is 1.62 bits per heavy atom. The lowest BCUT2D eigenvalue weighted by Crippen LogP contribution is -2.47. The van der Waals surface area contributed by atoms with E-state index < -0.39 is 0 Å². The van der Waals surface area contributed by atoms with Gasteiger partial charge < -0.3 is 5.11 Å². The monoisotopic (exact) mass is 204 g/mol. The molecule has 0 aliphatic carbocycles. The number of hydrogen-bond acceptors (Lipinski definition) is 4. The van der Waals surface area contributed by atoms with Crippen molar-refractivity contribution in [2.45, 2.75) is 0 Å². The molecule has 0 amide bonds. The van der Waals surface area contributed by atoms with Gasteiger partial charge in [-0.25, -0.2) is 0 Å². The summed E-state index contributed by atoms with van der Waals surface area (Å²) in [4.78, 5) is 4.83. The second-order valence-corrected chi connectivity index (χ2v) is 4.39. The summed E-state index contributed by atoms with van der Waals surface area (Å²) >= 11 is 1.91. The van der Waals surface area contributed by atoms with Crippen LogP contribution in [-0.2, 0) is 0 Å². The number of rotatable bonds is 5. The van der Waals surface area contributed by atoms with Crippen LogP contribution in [0.25, 0.3) is 0 Å². The number of piperazine rings is 1. The van der Waals surface area contributed by atoms with Crippen molar-refractivity contribution in [1.29, 1.82) is 0 Å². The molecule has 0 radical (unpaired) electrons. The van der Waals surface area contributed by atoms with Crippen molar-refractivity contribution in [3.8, 4) is 0 Å². The molecule has 13 heavy (non-hydrogen) atoms.